The van der Waals surface area contributed by atoms with Gasteiger partial charge in [-0.1, -0.05) is 26.8 Å². The van der Waals surface area contributed by atoms with E-state index in [4.69, 9.17) is 4.74 Å². The van der Waals surface area contributed by atoms with Crippen molar-refractivity contribution in [1.29, 1.82) is 0 Å². The van der Waals surface area contributed by atoms with Gasteiger partial charge in [-0.2, -0.15) is 0 Å². The van der Waals surface area contributed by atoms with Gasteiger partial charge in [-0.15, -0.1) is 0 Å². The SMILES string of the molecule is CCC(=O)OC(C)c1cc(CC(C)C)ccc1[N+](=O)[O-]. The van der Waals surface area contributed by atoms with Crippen molar-refractivity contribution in [3.63, 3.8) is 0 Å². The van der Waals surface area contributed by atoms with Crippen LogP contribution in [0.1, 0.15) is 51.3 Å². The molecular weight excluding hydrogens is 258 g/mol. The van der Waals surface area contributed by atoms with Crippen molar-refractivity contribution in [1.82, 2.24) is 0 Å². The van der Waals surface area contributed by atoms with Gasteiger partial charge in [0.1, 0.15) is 6.10 Å². The summed E-state index contributed by atoms with van der Waals surface area (Å²) < 4.78 is 5.19. The molecule has 0 saturated heterocycles. The van der Waals surface area contributed by atoms with Crippen molar-refractivity contribution in [2.24, 2.45) is 5.92 Å². The maximum absolute atomic E-state index is 11.3. The predicted molar refractivity (Wildman–Crippen MR) is 76.4 cm³/mol. The van der Waals surface area contributed by atoms with E-state index in [9.17, 15) is 14.9 Å². The first-order valence-corrected chi connectivity index (χ1v) is 6.81. The molecule has 1 aromatic carbocycles. The summed E-state index contributed by atoms with van der Waals surface area (Å²) in [5.41, 5.74) is 1.46. The van der Waals surface area contributed by atoms with Crippen LogP contribution in [0, 0.1) is 16.0 Å². The Hall–Kier alpha value is -1.91. The normalized spacial score (nSPS) is 12.2. The Bertz CT molecular complexity index is 497. The number of hydrogen-bond donors (Lipinski definition) is 0. The van der Waals surface area contributed by atoms with Gasteiger partial charge in [0.25, 0.3) is 5.69 Å². The van der Waals surface area contributed by atoms with Gasteiger partial charge in [0.2, 0.25) is 0 Å². The van der Waals surface area contributed by atoms with E-state index in [1.165, 1.54) is 6.07 Å². The highest BCUT2D eigenvalue weighted by atomic mass is 16.6. The number of hydrogen-bond acceptors (Lipinski definition) is 4. The van der Waals surface area contributed by atoms with Crippen molar-refractivity contribution >= 4 is 11.7 Å². The molecule has 0 aromatic heterocycles. The van der Waals surface area contributed by atoms with Crippen LogP contribution < -0.4 is 0 Å². The highest BCUT2D eigenvalue weighted by molar-refractivity contribution is 5.69. The summed E-state index contributed by atoms with van der Waals surface area (Å²) in [6, 6.07) is 5.02. The van der Waals surface area contributed by atoms with E-state index in [2.05, 4.69) is 13.8 Å². The molecule has 0 aliphatic heterocycles. The summed E-state index contributed by atoms with van der Waals surface area (Å²) >= 11 is 0. The van der Waals surface area contributed by atoms with Crippen LogP contribution in [0.4, 0.5) is 5.69 Å². The third kappa shape index (κ3) is 4.33. The number of benzene rings is 1. The fraction of sp³-hybridized carbons (Fsp3) is 0.533. The molecule has 0 aliphatic rings. The van der Waals surface area contributed by atoms with E-state index in [-0.39, 0.29) is 18.1 Å². The molecule has 0 fully saturated rings. The number of nitrogens with zero attached hydrogens (tertiary/aromatic N) is 1. The monoisotopic (exact) mass is 279 g/mol. The number of carbonyl (C=O) groups excluding carboxylic acids is 1. The van der Waals surface area contributed by atoms with Crippen LogP contribution in [0.2, 0.25) is 0 Å². The minimum Gasteiger partial charge on any atom is -0.458 e. The molecule has 1 aromatic rings. The van der Waals surface area contributed by atoms with Crippen LogP contribution in [-0.4, -0.2) is 10.9 Å². The average Bonchev–Trinajstić information content (AvgIpc) is 2.37. The molecule has 0 saturated carbocycles. The molecule has 0 bridgehead atoms. The third-order valence-electron chi connectivity index (χ3n) is 2.97. The van der Waals surface area contributed by atoms with Crippen molar-refractivity contribution in [3.8, 4) is 0 Å². The Labute approximate surface area is 119 Å². The first-order valence-electron chi connectivity index (χ1n) is 6.81. The van der Waals surface area contributed by atoms with Gasteiger partial charge in [0.05, 0.1) is 10.5 Å². The van der Waals surface area contributed by atoms with Crippen molar-refractivity contribution < 1.29 is 14.5 Å². The number of rotatable bonds is 6. The van der Waals surface area contributed by atoms with E-state index >= 15 is 0 Å². The van der Waals surface area contributed by atoms with Gasteiger partial charge < -0.3 is 4.74 Å². The van der Waals surface area contributed by atoms with Crippen molar-refractivity contribution in [2.45, 2.75) is 46.6 Å². The lowest BCUT2D eigenvalue weighted by molar-refractivity contribution is -0.386. The summed E-state index contributed by atoms with van der Waals surface area (Å²) in [4.78, 5) is 22.0. The Morgan fingerprint density at radius 1 is 1.35 bits per heavy atom. The van der Waals surface area contributed by atoms with E-state index in [0.29, 0.717) is 11.5 Å². The third-order valence-corrected chi connectivity index (χ3v) is 2.97. The van der Waals surface area contributed by atoms with Gasteiger partial charge in [-0.25, -0.2) is 0 Å². The fourth-order valence-electron chi connectivity index (χ4n) is 2.04. The van der Waals surface area contributed by atoms with Gasteiger partial charge in [-0.05, 0) is 30.9 Å². The molecule has 0 heterocycles. The molecule has 0 aliphatic carbocycles. The molecule has 5 nitrogen and oxygen atoms in total. The number of nitro groups is 1. The largest absolute Gasteiger partial charge is 0.458 e. The average molecular weight is 279 g/mol. The van der Waals surface area contributed by atoms with Crippen LogP contribution in [0.3, 0.4) is 0 Å². The molecule has 20 heavy (non-hydrogen) atoms. The summed E-state index contributed by atoms with van der Waals surface area (Å²) in [5.74, 6) is 0.0962. The summed E-state index contributed by atoms with van der Waals surface area (Å²) in [6.07, 6.45) is 0.471. The zero-order valence-corrected chi connectivity index (χ0v) is 12.4. The fourth-order valence-corrected chi connectivity index (χ4v) is 2.04. The Balaban J connectivity index is 3.11. The van der Waals surface area contributed by atoms with E-state index in [1.54, 1.807) is 26.0 Å². The van der Waals surface area contributed by atoms with Crippen molar-refractivity contribution in [2.75, 3.05) is 0 Å². The number of ether oxygens (including phenoxy) is 1. The molecular formula is C15H21NO4. The van der Waals surface area contributed by atoms with Crippen LogP contribution in [0.25, 0.3) is 0 Å². The minimum atomic E-state index is -0.616. The summed E-state index contributed by atoms with van der Waals surface area (Å²) in [7, 11) is 0. The molecule has 1 rings (SSSR count). The quantitative estimate of drug-likeness (QED) is 0.451. The molecule has 0 radical (unpaired) electrons. The standard InChI is InChI=1S/C15H21NO4/c1-5-15(17)20-11(4)13-9-12(8-10(2)3)6-7-14(13)16(18)19/h6-7,9-11H,5,8H2,1-4H3. The smallest absolute Gasteiger partial charge is 0.306 e. The second-order valence-corrected chi connectivity index (χ2v) is 5.23. The Morgan fingerprint density at radius 2 is 2.00 bits per heavy atom. The maximum atomic E-state index is 11.3. The van der Waals surface area contributed by atoms with Gasteiger partial charge >= 0.3 is 5.97 Å². The molecule has 0 spiro atoms. The number of nitro benzene ring substituents is 1. The molecule has 5 heteroatoms. The van der Waals surface area contributed by atoms with E-state index in [0.717, 1.165) is 12.0 Å². The van der Waals surface area contributed by atoms with Crippen LogP contribution in [0.15, 0.2) is 18.2 Å². The number of esters is 1. The maximum Gasteiger partial charge on any atom is 0.306 e. The van der Waals surface area contributed by atoms with Crippen LogP contribution in [-0.2, 0) is 16.0 Å². The lowest BCUT2D eigenvalue weighted by atomic mass is 9.98. The highest BCUT2D eigenvalue weighted by Crippen LogP contribution is 2.29. The van der Waals surface area contributed by atoms with Gasteiger partial charge in [0, 0.05) is 12.5 Å². The Kier molecular flexibility index (Phi) is 5.67. The molecule has 110 valence electrons. The molecule has 1 unspecified atom stereocenters. The highest BCUT2D eigenvalue weighted by Gasteiger charge is 2.22. The lowest BCUT2D eigenvalue weighted by Crippen LogP contribution is -2.10. The molecule has 0 amide bonds. The summed E-state index contributed by atoms with van der Waals surface area (Å²) in [6.45, 7) is 7.52. The Morgan fingerprint density at radius 3 is 2.50 bits per heavy atom. The van der Waals surface area contributed by atoms with Gasteiger partial charge in [-0.3, -0.25) is 14.9 Å². The summed E-state index contributed by atoms with van der Waals surface area (Å²) in [5, 5.41) is 11.1. The predicted octanol–water partition coefficient (Wildman–Crippen LogP) is 3.81. The van der Waals surface area contributed by atoms with E-state index < -0.39 is 11.0 Å². The van der Waals surface area contributed by atoms with Gasteiger partial charge in [0.15, 0.2) is 0 Å². The lowest BCUT2D eigenvalue weighted by Gasteiger charge is -2.15. The van der Waals surface area contributed by atoms with Crippen molar-refractivity contribution in [3.05, 3.63) is 39.4 Å². The zero-order chi connectivity index (χ0) is 15.3. The van der Waals surface area contributed by atoms with Crippen LogP contribution in [0.5, 0.6) is 0 Å². The molecule has 1 atom stereocenters. The second-order valence-electron chi connectivity index (χ2n) is 5.23. The number of carbonyl (C=O) groups is 1. The molecule has 0 N–H and O–H groups in total. The minimum absolute atomic E-state index is 0.00564. The second kappa shape index (κ2) is 7.03. The first-order chi connectivity index (χ1) is 9.35. The first kappa shape index (κ1) is 16.1. The van der Waals surface area contributed by atoms with Crippen LogP contribution >= 0.6 is 0 Å². The topological polar surface area (TPSA) is 69.4 Å². The van der Waals surface area contributed by atoms with E-state index in [1.807, 2.05) is 0 Å². The zero-order valence-electron chi connectivity index (χ0n) is 12.4.